The summed E-state index contributed by atoms with van der Waals surface area (Å²) in [5, 5.41) is 15.4. The molecular formula is C16H17NO2. The summed E-state index contributed by atoms with van der Waals surface area (Å²) < 4.78 is 0. The lowest BCUT2D eigenvalue weighted by molar-refractivity contribution is -0.121. The van der Waals surface area contributed by atoms with Gasteiger partial charge in [-0.15, -0.1) is 0 Å². The first kappa shape index (κ1) is 12.0. The summed E-state index contributed by atoms with van der Waals surface area (Å²) in [5.74, 6) is 0.395. The van der Waals surface area contributed by atoms with E-state index in [1.807, 2.05) is 19.1 Å². The molecule has 2 aromatic carbocycles. The molecule has 3 nitrogen and oxygen atoms in total. The van der Waals surface area contributed by atoms with Crippen molar-refractivity contribution in [2.45, 2.75) is 32.2 Å². The second-order valence-electron chi connectivity index (χ2n) is 5.10. The number of benzene rings is 2. The lowest BCUT2D eigenvalue weighted by Gasteiger charge is -2.26. The Morgan fingerprint density at radius 1 is 1.32 bits per heavy atom. The molecule has 2 N–H and O–H groups in total. The van der Waals surface area contributed by atoms with Gasteiger partial charge in [-0.3, -0.25) is 4.79 Å². The Morgan fingerprint density at radius 3 is 2.95 bits per heavy atom. The fraction of sp³-hybridized carbons (Fsp3) is 0.312. The molecule has 1 atom stereocenters. The van der Waals surface area contributed by atoms with Crippen molar-refractivity contribution in [1.29, 1.82) is 0 Å². The zero-order valence-electron chi connectivity index (χ0n) is 10.9. The summed E-state index contributed by atoms with van der Waals surface area (Å²) in [5.41, 5.74) is 2.16. The van der Waals surface area contributed by atoms with E-state index in [9.17, 15) is 9.90 Å². The van der Waals surface area contributed by atoms with E-state index in [0.29, 0.717) is 18.6 Å². The maximum absolute atomic E-state index is 11.5. The van der Waals surface area contributed by atoms with Gasteiger partial charge < -0.3 is 10.4 Å². The first-order chi connectivity index (χ1) is 9.19. The van der Waals surface area contributed by atoms with Crippen LogP contribution < -0.4 is 5.32 Å². The van der Waals surface area contributed by atoms with Crippen LogP contribution in [0.5, 0.6) is 5.75 Å². The van der Waals surface area contributed by atoms with Crippen LogP contribution in [0, 0.1) is 0 Å². The Labute approximate surface area is 112 Å². The van der Waals surface area contributed by atoms with Gasteiger partial charge in [-0.1, -0.05) is 31.2 Å². The van der Waals surface area contributed by atoms with Gasteiger partial charge in [-0.05, 0) is 35.2 Å². The minimum Gasteiger partial charge on any atom is -0.508 e. The highest BCUT2D eigenvalue weighted by molar-refractivity contribution is 5.91. The van der Waals surface area contributed by atoms with Gasteiger partial charge in [0.25, 0.3) is 0 Å². The molecule has 1 aliphatic carbocycles. The van der Waals surface area contributed by atoms with Gasteiger partial charge >= 0.3 is 0 Å². The third-order valence-electron chi connectivity index (χ3n) is 3.82. The third kappa shape index (κ3) is 2.05. The zero-order valence-corrected chi connectivity index (χ0v) is 10.9. The lowest BCUT2D eigenvalue weighted by atomic mass is 9.85. The fourth-order valence-electron chi connectivity index (χ4n) is 2.92. The monoisotopic (exact) mass is 255 g/mol. The number of aromatic hydroxyl groups is 1. The third-order valence-corrected chi connectivity index (χ3v) is 3.82. The molecule has 0 fully saturated rings. The molecule has 0 aromatic heterocycles. The lowest BCUT2D eigenvalue weighted by Crippen LogP contribution is -2.39. The average Bonchev–Trinajstić information content (AvgIpc) is 2.42. The van der Waals surface area contributed by atoms with Crippen LogP contribution in [-0.2, 0) is 17.6 Å². The maximum atomic E-state index is 11.5. The summed E-state index contributed by atoms with van der Waals surface area (Å²) in [7, 11) is 0. The molecule has 0 saturated carbocycles. The van der Waals surface area contributed by atoms with Crippen LogP contribution in [0.2, 0.25) is 0 Å². The van der Waals surface area contributed by atoms with Crippen molar-refractivity contribution < 1.29 is 9.90 Å². The molecule has 0 saturated heterocycles. The van der Waals surface area contributed by atoms with Gasteiger partial charge in [-0.2, -0.15) is 0 Å². The van der Waals surface area contributed by atoms with E-state index in [1.54, 1.807) is 6.07 Å². The van der Waals surface area contributed by atoms with Crippen molar-refractivity contribution in [1.82, 2.24) is 5.32 Å². The summed E-state index contributed by atoms with van der Waals surface area (Å²) in [6.07, 6.45) is 2.03. The van der Waals surface area contributed by atoms with E-state index < -0.39 is 0 Å². The first-order valence-electron chi connectivity index (χ1n) is 6.71. The fourth-order valence-corrected chi connectivity index (χ4v) is 2.92. The van der Waals surface area contributed by atoms with Gasteiger partial charge in [0.1, 0.15) is 5.75 Å². The SMILES string of the molecule is CCC(=O)NC1Cc2cccc3ccc(O)c(c23)C1. The molecule has 3 heteroatoms. The van der Waals surface area contributed by atoms with Gasteiger partial charge in [0.05, 0.1) is 0 Å². The highest BCUT2D eigenvalue weighted by Gasteiger charge is 2.23. The molecule has 1 amide bonds. The Balaban J connectivity index is 2.04. The smallest absolute Gasteiger partial charge is 0.219 e. The minimum absolute atomic E-state index is 0.0658. The largest absolute Gasteiger partial charge is 0.508 e. The summed E-state index contributed by atoms with van der Waals surface area (Å²) in [4.78, 5) is 11.5. The van der Waals surface area contributed by atoms with Crippen LogP contribution >= 0.6 is 0 Å². The van der Waals surface area contributed by atoms with E-state index in [1.165, 1.54) is 5.56 Å². The molecular weight excluding hydrogens is 238 g/mol. The molecule has 0 aliphatic heterocycles. The predicted molar refractivity (Wildman–Crippen MR) is 75.2 cm³/mol. The van der Waals surface area contributed by atoms with Crippen LogP contribution in [0.3, 0.4) is 0 Å². The minimum atomic E-state index is 0.0658. The number of nitrogens with one attached hydrogen (secondary N) is 1. The van der Waals surface area contributed by atoms with E-state index >= 15 is 0 Å². The number of carbonyl (C=O) groups is 1. The normalized spacial score (nSPS) is 17.4. The molecule has 0 radical (unpaired) electrons. The number of hydrogen-bond acceptors (Lipinski definition) is 2. The Morgan fingerprint density at radius 2 is 2.16 bits per heavy atom. The molecule has 98 valence electrons. The number of hydrogen-bond donors (Lipinski definition) is 2. The van der Waals surface area contributed by atoms with Crippen LogP contribution in [0.4, 0.5) is 0 Å². The van der Waals surface area contributed by atoms with Crippen molar-refractivity contribution in [3.05, 3.63) is 41.5 Å². The van der Waals surface area contributed by atoms with Crippen molar-refractivity contribution in [2.24, 2.45) is 0 Å². The quantitative estimate of drug-likeness (QED) is 0.866. The summed E-state index contributed by atoms with van der Waals surface area (Å²) in [6.45, 7) is 1.85. The molecule has 1 unspecified atom stereocenters. The van der Waals surface area contributed by atoms with Gasteiger partial charge in [-0.25, -0.2) is 0 Å². The number of rotatable bonds is 2. The van der Waals surface area contributed by atoms with Gasteiger partial charge in [0.2, 0.25) is 5.91 Å². The molecule has 19 heavy (non-hydrogen) atoms. The van der Waals surface area contributed by atoms with E-state index in [0.717, 1.165) is 22.8 Å². The molecule has 1 aliphatic rings. The van der Waals surface area contributed by atoms with Crippen LogP contribution in [0.25, 0.3) is 10.8 Å². The Bertz CT molecular complexity index is 648. The van der Waals surface area contributed by atoms with Crippen LogP contribution in [0.15, 0.2) is 30.3 Å². The zero-order chi connectivity index (χ0) is 13.4. The van der Waals surface area contributed by atoms with Crippen molar-refractivity contribution in [3.8, 4) is 5.75 Å². The molecule has 0 heterocycles. The van der Waals surface area contributed by atoms with Gasteiger partial charge in [0, 0.05) is 18.0 Å². The van der Waals surface area contributed by atoms with Gasteiger partial charge in [0.15, 0.2) is 0 Å². The Hall–Kier alpha value is -2.03. The van der Waals surface area contributed by atoms with E-state index in [2.05, 4.69) is 17.4 Å². The molecule has 3 rings (SSSR count). The topological polar surface area (TPSA) is 49.3 Å². The van der Waals surface area contributed by atoms with E-state index in [4.69, 9.17) is 0 Å². The molecule has 0 bridgehead atoms. The Kier molecular flexibility index (Phi) is 2.90. The number of carbonyl (C=O) groups excluding carboxylic acids is 1. The van der Waals surface area contributed by atoms with Crippen LogP contribution in [-0.4, -0.2) is 17.1 Å². The molecule has 2 aromatic rings. The number of phenolic OH excluding ortho intramolecular Hbond substituents is 1. The average molecular weight is 255 g/mol. The van der Waals surface area contributed by atoms with Crippen LogP contribution in [0.1, 0.15) is 24.5 Å². The van der Waals surface area contributed by atoms with Crippen molar-refractivity contribution in [2.75, 3.05) is 0 Å². The maximum Gasteiger partial charge on any atom is 0.219 e. The molecule has 0 spiro atoms. The summed E-state index contributed by atoms with van der Waals surface area (Å²) >= 11 is 0. The number of phenols is 1. The van der Waals surface area contributed by atoms with Crippen molar-refractivity contribution in [3.63, 3.8) is 0 Å². The number of amides is 1. The van der Waals surface area contributed by atoms with Crippen molar-refractivity contribution >= 4 is 16.7 Å². The second-order valence-corrected chi connectivity index (χ2v) is 5.10. The predicted octanol–water partition coefficient (Wildman–Crippen LogP) is 2.54. The van der Waals surface area contributed by atoms with E-state index in [-0.39, 0.29) is 11.9 Å². The first-order valence-corrected chi connectivity index (χ1v) is 6.71. The highest BCUT2D eigenvalue weighted by Crippen LogP contribution is 2.35. The second kappa shape index (κ2) is 4.57. The summed E-state index contributed by atoms with van der Waals surface area (Å²) in [6, 6.07) is 9.94. The standard InChI is InChI=1S/C16H17NO2/c1-2-15(19)17-12-8-11-5-3-4-10-6-7-14(18)13(9-12)16(10)11/h3-7,12,18H,2,8-9H2,1H3,(H,17,19). The highest BCUT2D eigenvalue weighted by atomic mass is 16.3.